The van der Waals surface area contributed by atoms with Crippen LogP contribution in [0.2, 0.25) is 0 Å². The summed E-state index contributed by atoms with van der Waals surface area (Å²) in [7, 11) is 1.70. The summed E-state index contributed by atoms with van der Waals surface area (Å²) >= 11 is 0. The molecule has 1 atom stereocenters. The highest BCUT2D eigenvalue weighted by Gasteiger charge is 2.15. The maximum Gasteiger partial charge on any atom is 0.122 e. The molecule has 122 valence electrons. The van der Waals surface area contributed by atoms with E-state index in [4.69, 9.17) is 15.2 Å². The Hall–Kier alpha value is -2.00. The first kappa shape index (κ1) is 15.9. The third kappa shape index (κ3) is 3.67. The molecule has 0 bridgehead atoms. The van der Waals surface area contributed by atoms with E-state index in [1.807, 2.05) is 18.2 Å². The molecule has 0 heterocycles. The number of hydrogen-bond acceptors (Lipinski definition) is 3. The van der Waals surface area contributed by atoms with Crippen LogP contribution in [0.5, 0.6) is 11.5 Å². The molecule has 1 aliphatic carbocycles. The monoisotopic (exact) mass is 311 g/mol. The first-order valence-corrected chi connectivity index (χ1v) is 8.39. The molecule has 1 aliphatic rings. The lowest BCUT2D eigenvalue weighted by atomic mass is 9.95. The maximum absolute atomic E-state index is 5.97. The molecule has 2 aromatic rings. The molecule has 0 spiro atoms. The van der Waals surface area contributed by atoms with E-state index in [1.54, 1.807) is 7.11 Å². The molecular formula is C20H25NO2. The van der Waals surface area contributed by atoms with Crippen LogP contribution in [0.15, 0.2) is 42.5 Å². The van der Waals surface area contributed by atoms with Crippen molar-refractivity contribution in [3.63, 3.8) is 0 Å². The van der Waals surface area contributed by atoms with E-state index in [1.165, 1.54) is 30.4 Å². The summed E-state index contributed by atoms with van der Waals surface area (Å²) in [5.74, 6) is 2.13. The van der Waals surface area contributed by atoms with Gasteiger partial charge in [-0.2, -0.15) is 0 Å². The van der Waals surface area contributed by atoms with Crippen molar-refractivity contribution in [2.45, 2.75) is 31.6 Å². The minimum Gasteiger partial charge on any atom is -0.496 e. The Labute approximate surface area is 138 Å². The van der Waals surface area contributed by atoms with Gasteiger partial charge < -0.3 is 15.2 Å². The van der Waals surface area contributed by atoms with Gasteiger partial charge in [-0.3, -0.25) is 0 Å². The second-order valence-corrected chi connectivity index (χ2v) is 6.10. The Morgan fingerprint density at radius 1 is 1.09 bits per heavy atom. The Morgan fingerprint density at radius 2 is 1.91 bits per heavy atom. The first-order chi connectivity index (χ1) is 11.3. The molecule has 0 fully saturated rings. The van der Waals surface area contributed by atoms with Crippen LogP contribution in [-0.2, 0) is 12.8 Å². The second-order valence-electron chi connectivity index (χ2n) is 6.10. The van der Waals surface area contributed by atoms with Crippen LogP contribution in [0.4, 0.5) is 0 Å². The van der Waals surface area contributed by atoms with Crippen molar-refractivity contribution >= 4 is 0 Å². The molecule has 0 radical (unpaired) electrons. The molecule has 3 heteroatoms. The van der Waals surface area contributed by atoms with Gasteiger partial charge >= 0.3 is 0 Å². The number of benzene rings is 2. The summed E-state index contributed by atoms with van der Waals surface area (Å²) in [6.07, 6.45) is 4.54. The van der Waals surface area contributed by atoms with E-state index in [2.05, 4.69) is 24.3 Å². The number of fused-ring (bicyclic) bond motifs is 1. The van der Waals surface area contributed by atoms with Gasteiger partial charge in [-0.05, 0) is 67.1 Å². The number of methoxy groups -OCH3 is 1. The standard InChI is InChI=1S/C20H25NO2/c1-22-20-8-3-2-7-19(20)17(14-21)11-12-23-18-10-9-15-5-4-6-16(15)13-18/h2-3,7-10,13,17H,4-6,11-12,14,21H2,1H3. The molecule has 3 nitrogen and oxygen atoms in total. The number of aryl methyl sites for hydroxylation is 2. The van der Waals surface area contributed by atoms with Gasteiger partial charge in [0.15, 0.2) is 0 Å². The average molecular weight is 311 g/mol. The number of ether oxygens (including phenoxy) is 2. The SMILES string of the molecule is COc1ccccc1C(CN)CCOc1ccc2c(c1)CCC2. The molecule has 2 N–H and O–H groups in total. The predicted molar refractivity (Wildman–Crippen MR) is 93.4 cm³/mol. The van der Waals surface area contributed by atoms with Crippen molar-refractivity contribution < 1.29 is 9.47 Å². The Balaban J connectivity index is 1.60. The molecule has 1 unspecified atom stereocenters. The highest BCUT2D eigenvalue weighted by Crippen LogP contribution is 2.29. The lowest BCUT2D eigenvalue weighted by Gasteiger charge is -2.18. The normalized spacial score (nSPS) is 14.3. The molecule has 0 amide bonds. The largest absolute Gasteiger partial charge is 0.496 e. The van der Waals surface area contributed by atoms with Crippen molar-refractivity contribution in [1.29, 1.82) is 0 Å². The van der Waals surface area contributed by atoms with Gasteiger partial charge in [0.05, 0.1) is 13.7 Å². The van der Waals surface area contributed by atoms with Crippen LogP contribution in [0.25, 0.3) is 0 Å². The summed E-state index contributed by atoms with van der Waals surface area (Å²) in [6, 6.07) is 14.6. The van der Waals surface area contributed by atoms with Gasteiger partial charge in [-0.25, -0.2) is 0 Å². The molecule has 0 aromatic heterocycles. The highest BCUT2D eigenvalue weighted by molar-refractivity contribution is 5.38. The van der Waals surface area contributed by atoms with Gasteiger partial charge in [-0.15, -0.1) is 0 Å². The lowest BCUT2D eigenvalue weighted by Crippen LogP contribution is -2.16. The number of nitrogens with two attached hydrogens (primary N) is 1. The van der Waals surface area contributed by atoms with E-state index >= 15 is 0 Å². The summed E-state index contributed by atoms with van der Waals surface area (Å²) in [5, 5.41) is 0. The molecule has 0 saturated carbocycles. The molecular weight excluding hydrogens is 286 g/mol. The zero-order valence-corrected chi connectivity index (χ0v) is 13.8. The minimum atomic E-state index is 0.251. The fraction of sp³-hybridized carbons (Fsp3) is 0.400. The maximum atomic E-state index is 5.97. The summed E-state index contributed by atoms with van der Waals surface area (Å²) in [4.78, 5) is 0. The van der Waals surface area contributed by atoms with Crippen LogP contribution in [-0.4, -0.2) is 20.3 Å². The van der Waals surface area contributed by atoms with Gasteiger partial charge in [0.25, 0.3) is 0 Å². The first-order valence-electron chi connectivity index (χ1n) is 8.39. The van der Waals surface area contributed by atoms with Crippen molar-refractivity contribution in [2.24, 2.45) is 5.73 Å². The predicted octanol–water partition coefficient (Wildman–Crippen LogP) is 3.70. The van der Waals surface area contributed by atoms with Gasteiger partial charge in [0, 0.05) is 5.92 Å². The molecule has 3 rings (SSSR count). The van der Waals surface area contributed by atoms with E-state index in [0.29, 0.717) is 13.2 Å². The lowest BCUT2D eigenvalue weighted by molar-refractivity contribution is 0.296. The zero-order chi connectivity index (χ0) is 16.1. The van der Waals surface area contributed by atoms with Crippen LogP contribution in [0, 0.1) is 0 Å². The van der Waals surface area contributed by atoms with Gasteiger partial charge in [-0.1, -0.05) is 24.3 Å². The van der Waals surface area contributed by atoms with Crippen LogP contribution in [0.1, 0.15) is 35.4 Å². The Kier molecular flexibility index (Phi) is 5.19. The van der Waals surface area contributed by atoms with Gasteiger partial charge in [0.2, 0.25) is 0 Å². The fourth-order valence-electron chi connectivity index (χ4n) is 3.36. The number of para-hydroxylation sites is 1. The van der Waals surface area contributed by atoms with Crippen molar-refractivity contribution in [3.05, 3.63) is 59.2 Å². The fourth-order valence-corrected chi connectivity index (χ4v) is 3.36. The summed E-state index contributed by atoms with van der Waals surface area (Å²) < 4.78 is 11.4. The quantitative estimate of drug-likeness (QED) is 0.848. The van der Waals surface area contributed by atoms with Gasteiger partial charge in [0.1, 0.15) is 11.5 Å². The molecule has 0 saturated heterocycles. The van der Waals surface area contributed by atoms with E-state index in [9.17, 15) is 0 Å². The number of rotatable bonds is 7. The topological polar surface area (TPSA) is 44.5 Å². The molecule has 23 heavy (non-hydrogen) atoms. The van der Waals surface area contributed by atoms with E-state index in [-0.39, 0.29) is 5.92 Å². The van der Waals surface area contributed by atoms with Crippen molar-refractivity contribution in [3.8, 4) is 11.5 Å². The molecule has 0 aliphatic heterocycles. The van der Waals surface area contributed by atoms with Crippen LogP contribution >= 0.6 is 0 Å². The summed E-state index contributed by atoms with van der Waals surface area (Å²) in [6.45, 7) is 1.26. The minimum absolute atomic E-state index is 0.251. The third-order valence-electron chi connectivity index (χ3n) is 4.67. The number of hydrogen-bond donors (Lipinski definition) is 1. The van der Waals surface area contributed by atoms with Crippen molar-refractivity contribution in [1.82, 2.24) is 0 Å². The van der Waals surface area contributed by atoms with E-state index < -0.39 is 0 Å². The van der Waals surface area contributed by atoms with E-state index in [0.717, 1.165) is 23.5 Å². The summed E-state index contributed by atoms with van der Waals surface area (Å²) in [5.41, 5.74) is 10.1. The molecule has 2 aromatic carbocycles. The Bertz CT molecular complexity index is 654. The Morgan fingerprint density at radius 3 is 2.74 bits per heavy atom. The highest BCUT2D eigenvalue weighted by atomic mass is 16.5. The second kappa shape index (κ2) is 7.51. The average Bonchev–Trinajstić information content (AvgIpc) is 3.06. The smallest absolute Gasteiger partial charge is 0.122 e. The van der Waals surface area contributed by atoms with Crippen molar-refractivity contribution in [2.75, 3.05) is 20.3 Å². The zero-order valence-electron chi connectivity index (χ0n) is 13.8. The third-order valence-corrected chi connectivity index (χ3v) is 4.67. The van der Waals surface area contributed by atoms with Crippen LogP contribution in [0.3, 0.4) is 0 Å². The van der Waals surface area contributed by atoms with Crippen LogP contribution < -0.4 is 15.2 Å².